The van der Waals surface area contributed by atoms with Gasteiger partial charge in [0.05, 0.1) is 25.2 Å². The van der Waals surface area contributed by atoms with Crippen LogP contribution in [0.25, 0.3) is 0 Å². The minimum Gasteiger partial charge on any atom is -0.465 e. The molecule has 2 saturated heterocycles. The maximum Gasteiger partial charge on any atom is 0.312 e. The van der Waals surface area contributed by atoms with Crippen molar-refractivity contribution in [1.82, 2.24) is 4.90 Å². The first-order valence-electron chi connectivity index (χ1n) is 11.4. The molecule has 174 valence electrons. The monoisotopic (exact) mass is 452 g/mol. The average Bonchev–Trinajstić information content (AvgIpc) is 3.14. The molecule has 4 aliphatic rings. The third-order valence-electron chi connectivity index (χ3n) is 7.17. The number of fused-ring (bicyclic) bond motifs is 2. The maximum atomic E-state index is 14.1. The normalized spacial score (nSPS) is 33.2. The zero-order valence-electron chi connectivity index (χ0n) is 18.8. The van der Waals surface area contributed by atoms with Gasteiger partial charge in [-0.25, -0.2) is 0 Å². The summed E-state index contributed by atoms with van der Waals surface area (Å²) >= 11 is 0. The number of aliphatic hydroxyl groups excluding tert-OH is 1. The van der Waals surface area contributed by atoms with Crippen LogP contribution in [0.3, 0.4) is 0 Å². The molecule has 5 atom stereocenters. The van der Waals surface area contributed by atoms with E-state index in [2.05, 4.69) is 0 Å². The summed E-state index contributed by atoms with van der Waals surface area (Å²) in [6.45, 7) is 4.13. The van der Waals surface area contributed by atoms with Crippen LogP contribution in [0.1, 0.15) is 17.5 Å². The van der Waals surface area contributed by atoms with Gasteiger partial charge >= 0.3 is 5.97 Å². The quantitative estimate of drug-likeness (QED) is 0.548. The number of carbonyl (C=O) groups is 3. The zero-order chi connectivity index (χ0) is 23.3. The highest BCUT2D eigenvalue weighted by Crippen LogP contribution is 2.53. The first kappa shape index (κ1) is 21.9. The third-order valence-corrected chi connectivity index (χ3v) is 7.17. The molecule has 4 aliphatic heterocycles. The molecular weight excluding hydrogens is 424 g/mol. The van der Waals surface area contributed by atoms with Crippen LogP contribution in [-0.2, 0) is 23.9 Å². The van der Waals surface area contributed by atoms with Gasteiger partial charge in [-0.05, 0) is 31.4 Å². The molecule has 1 N–H and O–H groups in total. The Morgan fingerprint density at radius 2 is 1.88 bits per heavy atom. The summed E-state index contributed by atoms with van der Waals surface area (Å²) in [6.07, 6.45) is 7.24. The number of β-amino-alcohol motifs (C(OH)–C–C–N with tert-alkyl or cyclic N) is 1. The molecule has 0 aliphatic carbocycles. The lowest BCUT2D eigenvalue weighted by atomic mass is 9.77. The zero-order valence-corrected chi connectivity index (χ0v) is 18.8. The highest BCUT2D eigenvalue weighted by atomic mass is 16.6. The molecule has 1 aromatic rings. The van der Waals surface area contributed by atoms with E-state index in [1.165, 1.54) is 4.90 Å². The number of hydrogen-bond acceptors (Lipinski definition) is 6. The van der Waals surface area contributed by atoms with E-state index in [9.17, 15) is 19.5 Å². The number of anilines is 1. The van der Waals surface area contributed by atoms with E-state index in [-0.39, 0.29) is 31.6 Å². The number of amides is 2. The Morgan fingerprint density at radius 3 is 2.61 bits per heavy atom. The molecule has 0 radical (unpaired) electrons. The summed E-state index contributed by atoms with van der Waals surface area (Å²) < 4.78 is 11.9. The molecule has 1 unspecified atom stereocenters. The Labute approximate surface area is 192 Å². The van der Waals surface area contributed by atoms with Crippen LogP contribution in [-0.4, -0.2) is 71.8 Å². The maximum absolute atomic E-state index is 14.1. The van der Waals surface area contributed by atoms with E-state index in [0.717, 1.165) is 16.8 Å². The van der Waals surface area contributed by atoms with E-state index in [4.69, 9.17) is 9.47 Å². The van der Waals surface area contributed by atoms with Crippen molar-refractivity contribution in [3.05, 3.63) is 53.6 Å². The summed E-state index contributed by atoms with van der Waals surface area (Å²) in [4.78, 5) is 43.8. The fourth-order valence-corrected chi connectivity index (χ4v) is 5.89. The van der Waals surface area contributed by atoms with Crippen LogP contribution in [0.5, 0.6) is 0 Å². The number of carbonyl (C=O) groups excluding carboxylic acids is 3. The number of benzene rings is 1. The lowest BCUT2D eigenvalue weighted by Crippen LogP contribution is -2.56. The Morgan fingerprint density at radius 1 is 1.12 bits per heavy atom. The van der Waals surface area contributed by atoms with E-state index >= 15 is 0 Å². The van der Waals surface area contributed by atoms with Crippen molar-refractivity contribution in [2.45, 2.75) is 38.0 Å². The van der Waals surface area contributed by atoms with Crippen LogP contribution in [0.15, 0.2) is 42.5 Å². The van der Waals surface area contributed by atoms with Gasteiger partial charge < -0.3 is 24.4 Å². The lowest BCUT2D eigenvalue weighted by molar-refractivity contribution is -0.154. The van der Waals surface area contributed by atoms with Crippen LogP contribution in [0.2, 0.25) is 0 Å². The number of nitrogens with zero attached hydrogens (tertiary/aromatic N) is 2. The molecule has 0 saturated carbocycles. The Hall–Kier alpha value is -2.97. The molecule has 8 nitrogen and oxygen atoms in total. The number of likely N-dealkylation sites (tertiary alicyclic amines) is 1. The second-order valence-corrected chi connectivity index (χ2v) is 9.07. The van der Waals surface area contributed by atoms with Gasteiger partial charge in [-0.3, -0.25) is 14.4 Å². The van der Waals surface area contributed by atoms with Crippen LogP contribution >= 0.6 is 0 Å². The van der Waals surface area contributed by atoms with Crippen LogP contribution in [0.4, 0.5) is 5.69 Å². The molecular formula is C25H28N2O6. The summed E-state index contributed by atoms with van der Waals surface area (Å²) in [5, 5.41) is 9.71. The molecule has 2 amide bonds. The fraction of sp³-hybridized carbons (Fsp3) is 0.480. The van der Waals surface area contributed by atoms with Crippen LogP contribution in [0, 0.1) is 25.7 Å². The highest BCUT2D eigenvalue weighted by Gasteiger charge is 2.71. The van der Waals surface area contributed by atoms with Crippen molar-refractivity contribution in [3.63, 3.8) is 0 Å². The summed E-state index contributed by atoms with van der Waals surface area (Å²) in [5.41, 5.74) is 1.38. The standard InChI is InChI=1S/C25H28N2O6/c1-15-7-5-8-16(2)20(15)26-11-6-10-25-19(22(29)27(12-13-28)21(25)23(26)30)18-17(33-25)9-3-4-14-32-24(18)31/h3,5-10,17-19,21,28H,4,11-14H2,1-2H3/t17-,18+,19+,21?,25+/m1/s1. The Kier molecular flexibility index (Phi) is 5.37. The molecule has 0 bridgehead atoms. The Bertz CT molecular complexity index is 1040. The Balaban J connectivity index is 1.64. The van der Waals surface area contributed by atoms with Gasteiger partial charge in [0.15, 0.2) is 0 Å². The van der Waals surface area contributed by atoms with Gasteiger partial charge in [-0.15, -0.1) is 0 Å². The van der Waals surface area contributed by atoms with Crippen LogP contribution < -0.4 is 4.90 Å². The molecule has 8 heteroatoms. The summed E-state index contributed by atoms with van der Waals surface area (Å²) in [5.74, 6) is -2.88. The molecule has 5 rings (SSSR count). The molecule has 0 aromatic heterocycles. The van der Waals surface area contributed by atoms with Crippen molar-refractivity contribution < 1.29 is 29.0 Å². The number of cyclic esters (lactones) is 1. The highest BCUT2D eigenvalue weighted by molar-refractivity contribution is 6.06. The predicted molar refractivity (Wildman–Crippen MR) is 119 cm³/mol. The number of aliphatic hydroxyl groups is 1. The van der Waals surface area contributed by atoms with Crippen molar-refractivity contribution in [1.29, 1.82) is 0 Å². The largest absolute Gasteiger partial charge is 0.465 e. The second kappa shape index (κ2) is 8.11. The van der Waals surface area contributed by atoms with E-state index in [0.29, 0.717) is 13.0 Å². The van der Waals surface area contributed by atoms with E-state index in [1.807, 2.05) is 50.3 Å². The lowest BCUT2D eigenvalue weighted by Gasteiger charge is -2.35. The average molecular weight is 453 g/mol. The van der Waals surface area contributed by atoms with E-state index in [1.54, 1.807) is 11.0 Å². The number of ether oxygens (including phenoxy) is 2. The van der Waals surface area contributed by atoms with Gasteiger partial charge in [0.2, 0.25) is 5.91 Å². The van der Waals surface area contributed by atoms with Gasteiger partial charge in [0, 0.05) is 18.8 Å². The SMILES string of the molecule is Cc1cccc(C)c1N1CC=C[C@]23O[C@@H]4C=CCCOC(=O)[C@@H]4[C@H]2C(=O)N(CCO)C3C1=O. The first-order valence-corrected chi connectivity index (χ1v) is 11.4. The van der Waals surface area contributed by atoms with E-state index < -0.39 is 35.6 Å². The number of esters is 1. The van der Waals surface area contributed by atoms with Crippen molar-refractivity contribution >= 4 is 23.5 Å². The van der Waals surface area contributed by atoms with Crippen molar-refractivity contribution in [3.8, 4) is 0 Å². The van der Waals surface area contributed by atoms with Gasteiger partial charge in [0.1, 0.15) is 17.6 Å². The van der Waals surface area contributed by atoms with Gasteiger partial charge in [-0.1, -0.05) is 42.5 Å². The first-order chi connectivity index (χ1) is 15.9. The number of hydrogen-bond donors (Lipinski definition) is 1. The third kappa shape index (κ3) is 3.15. The molecule has 4 heterocycles. The second-order valence-electron chi connectivity index (χ2n) is 9.07. The summed E-state index contributed by atoms with van der Waals surface area (Å²) in [6, 6.07) is 4.84. The molecule has 1 spiro atoms. The number of aryl methyl sites for hydroxylation is 2. The minimum atomic E-state index is -1.31. The fourth-order valence-electron chi connectivity index (χ4n) is 5.89. The van der Waals surface area contributed by atoms with Crippen molar-refractivity contribution in [2.75, 3.05) is 31.2 Å². The van der Waals surface area contributed by atoms with Gasteiger partial charge in [0.25, 0.3) is 5.91 Å². The smallest absolute Gasteiger partial charge is 0.312 e. The minimum absolute atomic E-state index is 0.0203. The molecule has 2 fully saturated rings. The predicted octanol–water partition coefficient (Wildman–Crippen LogP) is 1.28. The molecule has 1 aromatic carbocycles. The topological polar surface area (TPSA) is 96.4 Å². The molecule has 33 heavy (non-hydrogen) atoms. The van der Waals surface area contributed by atoms with Gasteiger partial charge in [-0.2, -0.15) is 0 Å². The van der Waals surface area contributed by atoms with Crippen molar-refractivity contribution in [2.24, 2.45) is 11.8 Å². The number of rotatable bonds is 3. The summed E-state index contributed by atoms with van der Waals surface area (Å²) in [7, 11) is 0. The number of para-hydroxylation sites is 1.